The molecule has 0 radical (unpaired) electrons. The fraction of sp³-hybridized carbons (Fsp3) is 0.688. The van der Waals surface area contributed by atoms with Crippen LogP contribution >= 0.6 is 0 Å². The average molecular weight is 778 g/mol. The number of ketones is 2. The molecule has 1 aliphatic heterocycles. The molecule has 6 N–H and O–H groups in total. The molecule has 3 fully saturated rings. The summed E-state index contributed by atoms with van der Waals surface area (Å²) in [4.78, 5) is 27.7. The number of aliphatic hydroxyl groups is 4. The Balaban J connectivity index is 1.53. The summed E-state index contributed by atoms with van der Waals surface area (Å²) in [6.07, 6.45) is -18.2. The Morgan fingerprint density at radius 2 is 1.58 bits per heavy atom. The molecule has 1 heterocycles. The Labute approximate surface area is 294 Å². The van der Waals surface area contributed by atoms with Crippen LogP contribution in [0.15, 0.2) is 28.4 Å². The highest BCUT2D eigenvalue weighted by molar-refractivity contribution is 6.18. The van der Waals surface area contributed by atoms with E-state index in [-0.39, 0.29) is 23.3 Å². The van der Waals surface area contributed by atoms with Crippen LogP contribution in [0.3, 0.4) is 0 Å². The number of nitrogens with zero attached hydrogens (tertiary/aromatic N) is 2. The summed E-state index contributed by atoms with van der Waals surface area (Å²) >= 11 is 0. The standard InChI is InChI=1S/C32H36F9N3O9/c1-11-23(45)15(42)7-18(52-11)53-17-9-28(50,12(2)44-43-10-29(33,34)30(35,36)31(37,38)32(39,40)41)8-14-20(17)27(49)22-21(25(14)47)24(46)13-5-4-6-16(51-3)19(13)26(22)48/h4-6,10-11,14-15,17-18,20-23,25,27,45,47,49-50H,7-9,42H2,1-3H3. The molecular formula is C32H36F9N3O9. The largest absolute Gasteiger partial charge is 0.496 e. The quantitative estimate of drug-likeness (QED) is 0.149. The molecule has 1 saturated heterocycles. The van der Waals surface area contributed by atoms with E-state index in [2.05, 4.69) is 10.2 Å². The molecule has 1 aromatic carbocycles. The second-order valence-electron chi connectivity index (χ2n) is 13.9. The molecule has 12 nitrogen and oxygen atoms in total. The number of hydrogen-bond acceptors (Lipinski definition) is 12. The van der Waals surface area contributed by atoms with Crippen molar-refractivity contribution in [3.63, 3.8) is 0 Å². The minimum atomic E-state index is -7.19. The van der Waals surface area contributed by atoms with Crippen molar-refractivity contribution in [2.45, 2.75) is 106 Å². The second-order valence-corrected chi connectivity index (χ2v) is 13.9. The molecule has 0 amide bonds. The number of carbonyl (C=O) groups excluding carboxylic acids is 2. The molecule has 53 heavy (non-hydrogen) atoms. The van der Waals surface area contributed by atoms with Gasteiger partial charge in [0.15, 0.2) is 17.9 Å². The lowest BCUT2D eigenvalue weighted by Gasteiger charge is -2.56. The lowest BCUT2D eigenvalue weighted by atomic mass is 9.52. The third-order valence-corrected chi connectivity index (χ3v) is 10.7. The van der Waals surface area contributed by atoms with Gasteiger partial charge in [0.2, 0.25) is 0 Å². The fourth-order valence-electron chi connectivity index (χ4n) is 7.80. The maximum Gasteiger partial charge on any atom is 0.460 e. The number of hydrogen-bond donors (Lipinski definition) is 5. The number of methoxy groups -OCH3 is 1. The summed E-state index contributed by atoms with van der Waals surface area (Å²) in [5.41, 5.74) is 2.59. The van der Waals surface area contributed by atoms with Crippen molar-refractivity contribution >= 4 is 23.5 Å². The van der Waals surface area contributed by atoms with Gasteiger partial charge in [0.1, 0.15) is 17.6 Å². The van der Waals surface area contributed by atoms with E-state index in [1.165, 1.54) is 32.2 Å². The minimum absolute atomic E-state index is 0.0175. The Bertz CT molecular complexity index is 1650. The summed E-state index contributed by atoms with van der Waals surface area (Å²) in [6.45, 7) is 2.37. The number of nitrogens with two attached hydrogens (primary N) is 1. The van der Waals surface area contributed by atoms with E-state index < -0.39 is 132 Å². The highest BCUT2D eigenvalue weighted by Crippen LogP contribution is 2.55. The first kappa shape index (κ1) is 41.0. The number of Topliss-reactive ketones (excluding diaryl/α,β-unsaturated/α-hetero) is 2. The minimum Gasteiger partial charge on any atom is -0.496 e. The molecule has 1 aromatic rings. The Kier molecular flexibility index (Phi) is 10.7. The van der Waals surface area contributed by atoms with E-state index in [1.807, 2.05) is 0 Å². The maximum atomic E-state index is 14.1. The number of aliphatic hydroxyl groups excluding tert-OH is 3. The molecule has 0 bridgehead atoms. The first-order valence-corrected chi connectivity index (χ1v) is 16.2. The topological polar surface area (TPSA) is 193 Å². The molecule has 3 aliphatic carbocycles. The van der Waals surface area contributed by atoms with Crippen molar-refractivity contribution in [2.75, 3.05) is 7.11 Å². The van der Waals surface area contributed by atoms with Gasteiger partial charge < -0.3 is 40.4 Å². The number of halogens is 9. The third kappa shape index (κ3) is 6.64. The summed E-state index contributed by atoms with van der Waals surface area (Å²) in [6, 6.07) is 3.23. The van der Waals surface area contributed by atoms with E-state index in [4.69, 9.17) is 19.9 Å². The van der Waals surface area contributed by atoms with Gasteiger partial charge >= 0.3 is 23.9 Å². The normalized spacial score (nSPS) is 37.3. The lowest BCUT2D eigenvalue weighted by Crippen LogP contribution is -2.66. The van der Waals surface area contributed by atoms with Crippen LogP contribution in [0.5, 0.6) is 5.75 Å². The molecule has 12 atom stereocenters. The van der Waals surface area contributed by atoms with Crippen LogP contribution < -0.4 is 10.5 Å². The summed E-state index contributed by atoms with van der Waals surface area (Å²) in [7, 11) is 1.25. The molecular weight excluding hydrogens is 741 g/mol. The van der Waals surface area contributed by atoms with Crippen LogP contribution in [0, 0.1) is 23.7 Å². The first-order valence-electron chi connectivity index (χ1n) is 16.2. The Morgan fingerprint density at radius 3 is 2.17 bits per heavy atom. The number of benzene rings is 1. The molecule has 4 aliphatic rings. The molecule has 0 spiro atoms. The highest BCUT2D eigenvalue weighted by Gasteiger charge is 2.81. The lowest BCUT2D eigenvalue weighted by molar-refractivity contribution is -0.384. The van der Waals surface area contributed by atoms with Gasteiger partial charge in [-0.1, -0.05) is 12.1 Å². The van der Waals surface area contributed by atoms with Gasteiger partial charge in [0, 0.05) is 30.4 Å². The van der Waals surface area contributed by atoms with Gasteiger partial charge in [0.25, 0.3) is 0 Å². The smallest absolute Gasteiger partial charge is 0.460 e. The van der Waals surface area contributed by atoms with Gasteiger partial charge in [-0.3, -0.25) is 9.59 Å². The molecule has 0 aromatic heterocycles. The number of rotatable bonds is 8. The number of fused-ring (bicyclic) bond motifs is 3. The molecule has 21 heteroatoms. The van der Waals surface area contributed by atoms with Crippen molar-refractivity contribution in [3.05, 3.63) is 29.3 Å². The van der Waals surface area contributed by atoms with Gasteiger partial charge in [0.05, 0.1) is 60.7 Å². The van der Waals surface area contributed by atoms with Crippen molar-refractivity contribution in [3.8, 4) is 5.75 Å². The summed E-state index contributed by atoms with van der Waals surface area (Å²) in [5, 5.41) is 51.5. The highest BCUT2D eigenvalue weighted by atomic mass is 19.4. The van der Waals surface area contributed by atoms with Crippen LogP contribution in [-0.2, 0) is 9.47 Å². The Morgan fingerprint density at radius 1 is 0.962 bits per heavy atom. The van der Waals surface area contributed by atoms with Crippen LogP contribution in [0.2, 0.25) is 0 Å². The predicted octanol–water partition coefficient (Wildman–Crippen LogP) is 2.92. The predicted molar refractivity (Wildman–Crippen MR) is 162 cm³/mol. The van der Waals surface area contributed by atoms with Crippen LogP contribution in [0.4, 0.5) is 39.5 Å². The average Bonchev–Trinajstić information content (AvgIpc) is 3.06. The zero-order chi connectivity index (χ0) is 39.8. The summed E-state index contributed by atoms with van der Waals surface area (Å²) in [5.74, 6) is -27.7. The van der Waals surface area contributed by atoms with Crippen LogP contribution in [0.25, 0.3) is 0 Å². The monoisotopic (exact) mass is 777 g/mol. The summed E-state index contributed by atoms with van der Waals surface area (Å²) < 4.78 is 137. The van der Waals surface area contributed by atoms with E-state index in [0.717, 1.165) is 6.92 Å². The van der Waals surface area contributed by atoms with Crippen molar-refractivity contribution in [2.24, 2.45) is 39.6 Å². The molecule has 296 valence electrons. The molecule has 12 unspecified atom stereocenters. The van der Waals surface area contributed by atoms with Gasteiger partial charge in [-0.2, -0.15) is 49.7 Å². The van der Waals surface area contributed by atoms with E-state index in [0.29, 0.717) is 0 Å². The van der Waals surface area contributed by atoms with Gasteiger partial charge in [-0.15, -0.1) is 0 Å². The first-order chi connectivity index (χ1) is 24.3. The number of carbonyl (C=O) groups is 2. The van der Waals surface area contributed by atoms with Gasteiger partial charge in [-0.25, -0.2) is 0 Å². The van der Waals surface area contributed by atoms with Crippen molar-refractivity contribution in [1.29, 1.82) is 0 Å². The van der Waals surface area contributed by atoms with Crippen LogP contribution in [0.1, 0.15) is 53.8 Å². The number of alkyl halides is 9. The van der Waals surface area contributed by atoms with E-state index in [1.54, 1.807) is 0 Å². The Hall–Kier alpha value is -3.21. The zero-order valence-corrected chi connectivity index (χ0v) is 28.0. The number of ether oxygens (including phenoxy) is 3. The van der Waals surface area contributed by atoms with Crippen molar-refractivity contribution in [1.82, 2.24) is 0 Å². The zero-order valence-electron chi connectivity index (χ0n) is 28.0. The third-order valence-electron chi connectivity index (χ3n) is 10.7. The van der Waals surface area contributed by atoms with E-state index >= 15 is 0 Å². The molecule has 5 rings (SSSR count). The van der Waals surface area contributed by atoms with Gasteiger partial charge in [-0.05, 0) is 32.3 Å². The molecule has 2 saturated carbocycles. The van der Waals surface area contributed by atoms with Crippen molar-refractivity contribution < 1.29 is 83.7 Å². The fourth-order valence-corrected chi connectivity index (χ4v) is 7.80. The van der Waals surface area contributed by atoms with E-state index in [9.17, 15) is 69.5 Å². The maximum absolute atomic E-state index is 14.1. The SMILES string of the molecule is COc1cccc2c1C(=O)C1C(O)C3C(OC4CC(N)C(O)C(C)O4)CC(O)(C(C)=NN=CC(F)(F)C(F)(F)C(F)(F)C(F)(F)F)CC3C(O)C1C2=O. The second kappa shape index (κ2) is 13.8. The van der Waals surface area contributed by atoms with Crippen LogP contribution in [-0.4, -0.2) is 123 Å².